The maximum atomic E-state index is 10.5. The number of carbonyl (C=O) groups excluding carboxylic acids is 1. The summed E-state index contributed by atoms with van der Waals surface area (Å²) in [5.41, 5.74) is 0.573. The number of hydrogen-bond acceptors (Lipinski definition) is 3. The van der Waals surface area contributed by atoms with Crippen LogP contribution < -0.4 is 9.47 Å². The lowest BCUT2D eigenvalue weighted by Gasteiger charge is -2.09. The fourth-order valence-corrected chi connectivity index (χ4v) is 1.06. The van der Waals surface area contributed by atoms with Gasteiger partial charge in [0.25, 0.3) is 0 Å². The minimum atomic E-state index is 0.538. The van der Waals surface area contributed by atoms with Crippen LogP contribution in [0.2, 0.25) is 0 Å². The Morgan fingerprint density at radius 1 is 1.43 bits per heavy atom. The molecule has 0 amide bonds. The molecule has 1 rings (SSSR count). The molecule has 1 aromatic rings. The molecule has 0 saturated heterocycles. The molecule has 0 saturated carbocycles. The van der Waals surface area contributed by atoms with E-state index in [0.29, 0.717) is 30.1 Å². The van der Waals surface area contributed by atoms with Gasteiger partial charge >= 0.3 is 0 Å². The van der Waals surface area contributed by atoms with Gasteiger partial charge in [-0.25, -0.2) is 0 Å². The Bertz CT molecular complexity index is 307. The van der Waals surface area contributed by atoms with Crippen molar-refractivity contribution < 1.29 is 14.3 Å². The van der Waals surface area contributed by atoms with Crippen molar-refractivity contribution in [2.75, 3.05) is 13.7 Å². The summed E-state index contributed by atoms with van der Waals surface area (Å²) < 4.78 is 10.5. The van der Waals surface area contributed by atoms with Gasteiger partial charge in [-0.1, -0.05) is 0 Å². The van der Waals surface area contributed by atoms with Crippen molar-refractivity contribution in [3.63, 3.8) is 0 Å². The maximum absolute atomic E-state index is 10.5. The van der Waals surface area contributed by atoms with Gasteiger partial charge in [0.05, 0.1) is 13.7 Å². The first-order valence-corrected chi connectivity index (χ1v) is 4.37. The van der Waals surface area contributed by atoms with Crippen molar-refractivity contribution >= 4 is 6.29 Å². The summed E-state index contributed by atoms with van der Waals surface area (Å²) in [6, 6.07) is 5.05. The van der Waals surface area contributed by atoms with E-state index in [2.05, 4.69) is 6.92 Å². The van der Waals surface area contributed by atoms with E-state index in [-0.39, 0.29) is 0 Å². The van der Waals surface area contributed by atoms with Gasteiger partial charge in [-0.15, -0.1) is 0 Å². The first-order chi connectivity index (χ1) is 6.81. The van der Waals surface area contributed by atoms with Crippen LogP contribution in [0.3, 0.4) is 0 Å². The lowest BCUT2D eigenvalue weighted by molar-refractivity contribution is 0.112. The number of benzene rings is 1. The molecule has 0 aliphatic carbocycles. The van der Waals surface area contributed by atoms with Crippen molar-refractivity contribution in [2.45, 2.75) is 6.42 Å². The van der Waals surface area contributed by atoms with Gasteiger partial charge in [0.1, 0.15) is 6.29 Å². The fraction of sp³-hybridized carbons (Fsp3) is 0.273. The van der Waals surface area contributed by atoms with Crippen LogP contribution in [-0.2, 0) is 0 Å². The molecule has 3 heteroatoms. The first-order valence-electron chi connectivity index (χ1n) is 4.37. The third-order valence-electron chi connectivity index (χ3n) is 1.73. The van der Waals surface area contributed by atoms with Crippen LogP contribution in [0.25, 0.3) is 0 Å². The molecule has 75 valence electrons. The summed E-state index contributed by atoms with van der Waals surface area (Å²) in [6.07, 6.45) is 1.46. The second-order valence-electron chi connectivity index (χ2n) is 2.73. The van der Waals surface area contributed by atoms with Crippen molar-refractivity contribution in [1.29, 1.82) is 0 Å². The van der Waals surface area contributed by atoms with Gasteiger partial charge in [-0.3, -0.25) is 4.79 Å². The smallest absolute Gasteiger partial charge is 0.161 e. The van der Waals surface area contributed by atoms with E-state index in [1.807, 2.05) is 0 Å². The van der Waals surface area contributed by atoms with Gasteiger partial charge < -0.3 is 9.47 Å². The Balaban J connectivity index is 2.87. The topological polar surface area (TPSA) is 35.5 Å². The van der Waals surface area contributed by atoms with Crippen LogP contribution in [0.1, 0.15) is 16.8 Å². The van der Waals surface area contributed by atoms with E-state index in [9.17, 15) is 4.79 Å². The van der Waals surface area contributed by atoms with E-state index < -0.39 is 0 Å². The number of methoxy groups -OCH3 is 1. The maximum Gasteiger partial charge on any atom is 0.161 e. The third kappa shape index (κ3) is 2.49. The van der Waals surface area contributed by atoms with E-state index in [4.69, 9.17) is 9.47 Å². The molecule has 0 atom stereocenters. The minimum Gasteiger partial charge on any atom is -0.493 e. The fourth-order valence-electron chi connectivity index (χ4n) is 1.06. The molecule has 0 spiro atoms. The van der Waals surface area contributed by atoms with Crippen LogP contribution in [-0.4, -0.2) is 20.0 Å². The summed E-state index contributed by atoms with van der Waals surface area (Å²) in [6.45, 7) is 4.21. The monoisotopic (exact) mass is 193 g/mol. The molecule has 0 N–H and O–H groups in total. The van der Waals surface area contributed by atoms with Gasteiger partial charge in [0.2, 0.25) is 0 Å². The summed E-state index contributed by atoms with van der Waals surface area (Å²) in [4.78, 5) is 10.5. The van der Waals surface area contributed by atoms with E-state index in [1.165, 1.54) is 0 Å². The van der Waals surface area contributed by atoms with Crippen LogP contribution in [0.5, 0.6) is 11.5 Å². The number of rotatable bonds is 5. The average Bonchev–Trinajstić information content (AvgIpc) is 2.26. The Morgan fingerprint density at radius 3 is 2.79 bits per heavy atom. The van der Waals surface area contributed by atoms with Crippen LogP contribution >= 0.6 is 0 Å². The van der Waals surface area contributed by atoms with E-state index >= 15 is 0 Å². The average molecular weight is 193 g/mol. The van der Waals surface area contributed by atoms with Gasteiger partial charge in [-0.05, 0) is 31.5 Å². The molecular formula is C11H13O3. The summed E-state index contributed by atoms with van der Waals surface area (Å²) >= 11 is 0. The van der Waals surface area contributed by atoms with E-state index in [1.54, 1.807) is 25.3 Å². The quantitative estimate of drug-likeness (QED) is 0.672. The van der Waals surface area contributed by atoms with Gasteiger partial charge in [0, 0.05) is 5.56 Å². The van der Waals surface area contributed by atoms with E-state index in [0.717, 1.165) is 6.29 Å². The first kappa shape index (κ1) is 10.6. The van der Waals surface area contributed by atoms with Crippen molar-refractivity contribution in [3.05, 3.63) is 30.7 Å². The second-order valence-corrected chi connectivity index (χ2v) is 2.73. The highest BCUT2D eigenvalue weighted by atomic mass is 16.5. The molecule has 0 aliphatic rings. The highest BCUT2D eigenvalue weighted by molar-refractivity contribution is 5.76. The molecule has 0 unspecified atom stereocenters. The zero-order chi connectivity index (χ0) is 10.4. The number of ether oxygens (including phenoxy) is 2. The Morgan fingerprint density at radius 2 is 2.21 bits per heavy atom. The molecule has 0 fully saturated rings. The summed E-state index contributed by atoms with van der Waals surface area (Å²) in [5.74, 6) is 1.21. The third-order valence-corrected chi connectivity index (χ3v) is 1.73. The molecule has 1 radical (unpaired) electrons. The Kier molecular flexibility index (Phi) is 3.98. The van der Waals surface area contributed by atoms with Crippen LogP contribution in [0.4, 0.5) is 0 Å². The SMILES string of the molecule is [CH2]CCOc1ccc(C=O)cc1OC. The largest absolute Gasteiger partial charge is 0.493 e. The number of hydrogen-bond donors (Lipinski definition) is 0. The molecule has 0 aliphatic heterocycles. The molecule has 0 bridgehead atoms. The zero-order valence-corrected chi connectivity index (χ0v) is 8.16. The lowest BCUT2D eigenvalue weighted by Crippen LogP contribution is -1.98. The zero-order valence-electron chi connectivity index (χ0n) is 8.16. The van der Waals surface area contributed by atoms with Crippen molar-refractivity contribution in [3.8, 4) is 11.5 Å². The Labute approximate surface area is 83.6 Å². The summed E-state index contributed by atoms with van der Waals surface area (Å²) in [5, 5.41) is 0. The molecule has 3 nitrogen and oxygen atoms in total. The second kappa shape index (κ2) is 5.27. The summed E-state index contributed by atoms with van der Waals surface area (Å²) in [7, 11) is 1.54. The molecule has 1 aromatic carbocycles. The van der Waals surface area contributed by atoms with Gasteiger partial charge in [-0.2, -0.15) is 0 Å². The molecular weight excluding hydrogens is 180 g/mol. The van der Waals surface area contributed by atoms with Crippen LogP contribution in [0.15, 0.2) is 18.2 Å². The van der Waals surface area contributed by atoms with Crippen LogP contribution in [0, 0.1) is 6.92 Å². The Hall–Kier alpha value is -1.51. The van der Waals surface area contributed by atoms with Crippen molar-refractivity contribution in [2.24, 2.45) is 0 Å². The standard InChI is InChI=1S/C11H13O3/c1-3-6-14-10-5-4-9(8-12)7-11(10)13-2/h4-5,7-8H,1,3,6H2,2H3. The molecule has 14 heavy (non-hydrogen) atoms. The highest BCUT2D eigenvalue weighted by Gasteiger charge is 2.04. The predicted molar refractivity (Wildman–Crippen MR) is 53.9 cm³/mol. The molecule has 0 heterocycles. The number of carbonyl (C=O) groups is 1. The lowest BCUT2D eigenvalue weighted by atomic mass is 10.2. The highest BCUT2D eigenvalue weighted by Crippen LogP contribution is 2.27. The minimum absolute atomic E-state index is 0.538. The predicted octanol–water partition coefficient (Wildman–Crippen LogP) is 2.11. The molecule has 0 aromatic heterocycles. The normalized spacial score (nSPS) is 9.57. The number of aldehydes is 1. The van der Waals surface area contributed by atoms with Crippen molar-refractivity contribution in [1.82, 2.24) is 0 Å². The van der Waals surface area contributed by atoms with Gasteiger partial charge in [0.15, 0.2) is 11.5 Å².